The molecule has 0 aliphatic rings. The first-order valence-electron chi connectivity index (χ1n) is 10.9. The van der Waals surface area contributed by atoms with Crippen molar-refractivity contribution >= 4 is 29.0 Å². The van der Waals surface area contributed by atoms with E-state index in [9.17, 15) is 14.9 Å². The Balaban J connectivity index is 1.43. The van der Waals surface area contributed by atoms with Gasteiger partial charge in [0.25, 0.3) is 5.91 Å². The Morgan fingerprint density at radius 2 is 1.89 bits per heavy atom. The lowest BCUT2D eigenvalue weighted by molar-refractivity contribution is -0.386. The molecule has 3 aromatic carbocycles. The second kappa shape index (κ2) is 10.4. The van der Waals surface area contributed by atoms with Crippen LogP contribution in [0.1, 0.15) is 32.7 Å². The van der Waals surface area contributed by atoms with E-state index in [1.54, 1.807) is 54.1 Å². The van der Waals surface area contributed by atoms with Crippen LogP contribution in [-0.4, -0.2) is 20.6 Å². The van der Waals surface area contributed by atoms with Crippen LogP contribution in [0.4, 0.5) is 11.5 Å². The van der Waals surface area contributed by atoms with Crippen molar-refractivity contribution in [2.75, 3.05) is 5.32 Å². The number of ether oxygens (including phenoxy) is 1. The standard InChI is InChI=1S/C26H23ClN4O4/c1-17-10-11-24(23(12-17)31(33)34)35-16-19-6-5-8-20(14-19)26(32)28-25-13-18(2)30(29-25)15-21-7-3-4-9-22(21)27/h3-14H,15-16H2,1-2H3,(H,28,29,32). The lowest BCUT2D eigenvalue weighted by atomic mass is 10.1. The predicted octanol–water partition coefficient (Wildman–Crippen LogP) is 5.94. The number of hydrogen-bond donors (Lipinski definition) is 1. The molecule has 35 heavy (non-hydrogen) atoms. The normalized spacial score (nSPS) is 10.7. The van der Waals surface area contributed by atoms with Crippen molar-refractivity contribution in [3.8, 4) is 5.75 Å². The molecule has 0 radical (unpaired) electrons. The van der Waals surface area contributed by atoms with Gasteiger partial charge in [0, 0.05) is 28.4 Å². The third-order valence-corrected chi connectivity index (χ3v) is 5.76. The van der Waals surface area contributed by atoms with Crippen molar-refractivity contribution in [3.63, 3.8) is 0 Å². The summed E-state index contributed by atoms with van der Waals surface area (Å²) in [5, 5.41) is 19.3. The van der Waals surface area contributed by atoms with Gasteiger partial charge in [0.2, 0.25) is 0 Å². The van der Waals surface area contributed by atoms with Crippen LogP contribution in [0.3, 0.4) is 0 Å². The van der Waals surface area contributed by atoms with Crippen LogP contribution in [0, 0.1) is 24.0 Å². The zero-order valence-electron chi connectivity index (χ0n) is 19.2. The highest BCUT2D eigenvalue weighted by Gasteiger charge is 2.16. The summed E-state index contributed by atoms with van der Waals surface area (Å²) < 4.78 is 7.45. The molecule has 0 spiro atoms. The summed E-state index contributed by atoms with van der Waals surface area (Å²) in [7, 11) is 0. The van der Waals surface area contributed by atoms with Gasteiger partial charge in [-0.3, -0.25) is 19.6 Å². The van der Waals surface area contributed by atoms with Gasteiger partial charge < -0.3 is 10.1 Å². The monoisotopic (exact) mass is 490 g/mol. The SMILES string of the molecule is Cc1ccc(OCc2cccc(C(=O)Nc3cc(C)n(Cc4ccccc4Cl)n3)c2)c([N+](=O)[O-])c1. The molecule has 4 aromatic rings. The quantitative estimate of drug-likeness (QED) is 0.243. The average Bonchev–Trinajstić information content (AvgIpc) is 3.18. The first-order chi connectivity index (χ1) is 16.8. The minimum Gasteiger partial charge on any atom is -0.482 e. The van der Waals surface area contributed by atoms with E-state index in [2.05, 4.69) is 10.4 Å². The van der Waals surface area contributed by atoms with Crippen LogP contribution in [-0.2, 0) is 13.2 Å². The van der Waals surface area contributed by atoms with E-state index >= 15 is 0 Å². The molecule has 0 unspecified atom stereocenters. The molecule has 0 fully saturated rings. The molecular formula is C26H23ClN4O4. The fourth-order valence-electron chi connectivity index (χ4n) is 3.56. The van der Waals surface area contributed by atoms with Gasteiger partial charge >= 0.3 is 5.69 Å². The topological polar surface area (TPSA) is 99.3 Å². The molecule has 8 nitrogen and oxygen atoms in total. The fourth-order valence-corrected chi connectivity index (χ4v) is 3.76. The number of amides is 1. The number of nitro benzene ring substituents is 1. The Morgan fingerprint density at radius 1 is 1.09 bits per heavy atom. The summed E-state index contributed by atoms with van der Waals surface area (Å²) >= 11 is 6.25. The summed E-state index contributed by atoms with van der Waals surface area (Å²) in [6, 6.07) is 21.0. The molecule has 1 aromatic heterocycles. The zero-order chi connectivity index (χ0) is 24.9. The van der Waals surface area contributed by atoms with Crippen molar-refractivity contribution < 1.29 is 14.5 Å². The van der Waals surface area contributed by atoms with Crippen molar-refractivity contribution in [1.82, 2.24) is 9.78 Å². The largest absolute Gasteiger partial charge is 0.482 e. The van der Waals surface area contributed by atoms with E-state index < -0.39 is 4.92 Å². The van der Waals surface area contributed by atoms with E-state index in [4.69, 9.17) is 16.3 Å². The number of aryl methyl sites for hydroxylation is 2. The number of anilines is 1. The maximum atomic E-state index is 12.8. The number of aromatic nitrogens is 2. The second-order valence-corrected chi connectivity index (χ2v) is 8.50. The highest BCUT2D eigenvalue weighted by Crippen LogP contribution is 2.28. The number of benzene rings is 3. The molecule has 0 saturated heterocycles. The van der Waals surface area contributed by atoms with Gasteiger partial charge in [-0.05, 0) is 54.8 Å². The van der Waals surface area contributed by atoms with Crippen molar-refractivity contribution in [3.05, 3.63) is 116 Å². The maximum Gasteiger partial charge on any atom is 0.311 e. The number of nitrogens with one attached hydrogen (secondary N) is 1. The number of nitrogens with zero attached hydrogens (tertiary/aromatic N) is 3. The summed E-state index contributed by atoms with van der Waals surface area (Å²) in [4.78, 5) is 23.7. The Bertz CT molecular complexity index is 1400. The molecule has 0 saturated carbocycles. The van der Waals surface area contributed by atoms with Crippen LogP contribution < -0.4 is 10.1 Å². The molecule has 1 amide bonds. The van der Waals surface area contributed by atoms with Crippen molar-refractivity contribution in [2.45, 2.75) is 27.0 Å². The number of rotatable bonds is 8. The fraction of sp³-hybridized carbons (Fsp3) is 0.154. The van der Waals surface area contributed by atoms with Crippen LogP contribution in [0.5, 0.6) is 5.75 Å². The summed E-state index contributed by atoms with van der Waals surface area (Å²) in [6.45, 7) is 4.25. The number of carbonyl (C=O) groups excluding carboxylic acids is 1. The lowest BCUT2D eigenvalue weighted by Gasteiger charge is -2.09. The Morgan fingerprint density at radius 3 is 2.66 bits per heavy atom. The van der Waals surface area contributed by atoms with Gasteiger partial charge in [0.05, 0.1) is 11.5 Å². The van der Waals surface area contributed by atoms with E-state index in [-0.39, 0.29) is 24.0 Å². The highest BCUT2D eigenvalue weighted by atomic mass is 35.5. The second-order valence-electron chi connectivity index (χ2n) is 8.09. The van der Waals surface area contributed by atoms with Crippen molar-refractivity contribution in [2.24, 2.45) is 0 Å². The zero-order valence-corrected chi connectivity index (χ0v) is 20.0. The Kier molecular flexibility index (Phi) is 7.12. The molecule has 9 heteroatoms. The van der Waals surface area contributed by atoms with E-state index in [1.165, 1.54) is 6.07 Å². The molecule has 1 N–H and O–H groups in total. The minimum absolute atomic E-state index is 0.0800. The average molecular weight is 491 g/mol. The van der Waals surface area contributed by atoms with E-state index in [1.807, 2.05) is 31.2 Å². The third kappa shape index (κ3) is 5.85. The molecule has 0 bridgehead atoms. The van der Waals surface area contributed by atoms with Gasteiger partial charge in [-0.1, -0.05) is 48.0 Å². The molecule has 1 heterocycles. The predicted molar refractivity (Wildman–Crippen MR) is 134 cm³/mol. The summed E-state index contributed by atoms with van der Waals surface area (Å²) in [5.41, 5.74) is 3.60. The van der Waals surface area contributed by atoms with Gasteiger partial charge in [0.1, 0.15) is 6.61 Å². The van der Waals surface area contributed by atoms with Crippen molar-refractivity contribution in [1.29, 1.82) is 0 Å². The van der Waals surface area contributed by atoms with Gasteiger partial charge in [0.15, 0.2) is 11.6 Å². The van der Waals surface area contributed by atoms with Crippen LogP contribution in [0.15, 0.2) is 72.8 Å². The molecular weight excluding hydrogens is 468 g/mol. The molecule has 0 atom stereocenters. The van der Waals surface area contributed by atoms with Crippen LogP contribution >= 0.6 is 11.6 Å². The number of carbonyl (C=O) groups is 1. The Hall–Kier alpha value is -4.17. The summed E-state index contributed by atoms with van der Waals surface area (Å²) in [5.74, 6) is 0.280. The van der Waals surface area contributed by atoms with Gasteiger partial charge in [-0.15, -0.1) is 0 Å². The minimum atomic E-state index is -0.473. The third-order valence-electron chi connectivity index (χ3n) is 5.40. The molecule has 178 valence electrons. The smallest absolute Gasteiger partial charge is 0.311 e. The molecule has 0 aliphatic heterocycles. The van der Waals surface area contributed by atoms with E-state index in [0.717, 1.165) is 16.8 Å². The first-order valence-corrected chi connectivity index (χ1v) is 11.2. The molecule has 0 aliphatic carbocycles. The van der Waals surface area contributed by atoms with Crippen LogP contribution in [0.2, 0.25) is 5.02 Å². The first kappa shape index (κ1) is 24.0. The lowest BCUT2D eigenvalue weighted by Crippen LogP contribution is -2.13. The summed E-state index contributed by atoms with van der Waals surface area (Å²) in [6.07, 6.45) is 0. The molecule has 4 rings (SSSR count). The Labute approximate surface area is 207 Å². The maximum absolute atomic E-state index is 12.8. The van der Waals surface area contributed by atoms with Gasteiger partial charge in [-0.2, -0.15) is 5.10 Å². The number of hydrogen-bond acceptors (Lipinski definition) is 5. The number of halogens is 1. The number of nitro groups is 1. The van der Waals surface area contributed by atoms with Gasteiger partial charge in [-0.25, -0.2) is 0 Å². The highest BCUT2D eigenvalue weighted by molar-refractivity contribution is 6.31. The van der Waals surface area contributed by atoms with Crippen LogP contribution in [0.25, 0.3) is 0 Å². The van der Waals surface area contributed by atoms with E-state index in [0.29, 0.717) is 28.5 Å².